The molecule has 132 valence electrons. The number of benzene rings is 2. The lowest BCUT2D eigenvalue weighted by molar-refractivity contribution is 0.279. The van der Waals surface area contributed by atoms with Gasteiger partial charge in [0.15, 0.2) is 5.69 Å². The molecule has 0 fully saturated rings. The zero-order chi connectivity index (χ0) is 18.8. The molecule has 3 rings (SSSR count). The van der Waals surface area contributed by atoms with Crippen molar-refractivity contribution in [3.8, 4) is 11.1 Å². The van der Waals surface area contributed by atoms with Crippen LogP contribution >= 0.6 is 11.6 Å². The first-order chi connectivity index (χ1) is 12.5. The number of nitrogens with zero attached hydrogens (tertiary/aromatic N) is 2. The summed E-state index contributed by atoms with van der Waals surface area (Å²) in [5.74, 6) is -0.364. The van der Waals surface area contributed by atoms with Gasteiger partial charge in [-0.1, -0.05) is 41.9 Å². The number of aliphatic hydroxyl groups excluding tert-OH is 1. The fourth-order valence-corrected chi connectivity index (χ4v) is 3.53. The summed E-state index contributed by atoms with van der Waals surface area (Å²) in [6, 6.07) is 11.8. The van der Waals surface area contributed by atoms with Gasteiger partial charge in [-0.05, 0) is 42.7 Å². The first-order valence-corrected chi connectivity index (χ1v) is 8.55. The van der Waals surface area contributed by atoms with Crippen molar-refractivity contribution in [1.82, 2.24) is 4.57 Å². The van der Waals surface area contributed by atoms with Crippen LogP contribution in [0.1, 0.15) is 22.5 Å². The summed E-state index contributed by atoms with van der Waals surface area (Å²) in [6.07, 6.45) is 0. The van der Waals surface area contributed by atoms with Gasteiger partial charge in [-0.15, -0.1) is 0 Å². The van der Waals surface area contributed by atoms with Crippen LogP contribution in [0.25, 0.3) is 16.0 Å². The molecule has 0 amide bonds. The number of aliphatic hydroxyl groups is 1. The van der Waals surface area contributed by atoms with Crippen molar-refractivity contribution in [1.29, 1.82) is 0 Å². The van der Waals surface area contributed by atoms with Crippen LogP contribution in [0.4, 0.5) is 10.1 Å². The van der Waals surface area contributed by atoms with Crippen LogP contribution in [0.5, 0.6) is 0 Å². The second-order valence-electron chi connectivity index (χ2n) is 6.18. The zero-order valence-corrected chi connectivity index (χ0v) is 15.3. The van der Waals surface area contributed by atoms with Crippen LogP contribution in [-0.2, 0) is 13.2 Å². The molecule has 2 aromatic carbocycles. The topological polar surface area (TPSA) is 29.5 Å². The Morgan fingerprint density at radius 1 is 1.08 bits per heavy atom. The molecule has 1 aromatic heterocycles. The van der Waals surface area contributed by atoms with Gasteiger partial charge >= 0.3 is 0 Å². The van der Waals surface area contributed by atoms with Crippen molar-refractivity contribution < 1.29 is 9.50 Å². The van der Waals surface area contributed by atoms with Gasteiger partial charge in [0, 0.05) is 23.5 Å². The predicted octanol–water partition coefficient (Wildman–Crippen LogP) is 5.66. The fourth-order valence-electron chi connectivity index (χ4n) is 3.19. The maximum atomic E-state index is 13.4. The van der Waals surface area contributed by atoms with E-state index in [-0.39, 0.29) is 12.4 Å². The predicted molar refractivity (Wildman–Crippen MR) is 102 cm³/mol. The molecule has 0 aliphatic carbocycles. The van der Waals surface area contributed by atoms with E-state index >= 15 is 0 Å². The van der Waals surface area contributed by atoms with Crippen molar-refractivity contribution in [2.75, 3.05) is 0 Å². The molecule has 0 bridgehead atoms. The largest absolute Gasteiger partial charge is 0.392 e. The molecule has 26 heavy (non-hydrogen) atoms. The van der Waals surface area contributed by atoms with Gasteiger partial charge in [0.2, 0.25) is 0 Å². The number of rotatable bonds is 4. The summed E-state index contributed by atoms with van der Waals surface area (Å²) < 4.78 is 15.5. The zero-order valence-electron chi connectivity index (χ0n) is 14.6. The lowest BCUT2D eigenvalue weighted by atomic mass is 10.1. The highest BCUT2D eigenvalue weighted by molar-refractivity contribution is 6.34. The monoisotopic (exact) mass is 368 g/mol. The average Bonchev–Trinajstić information content (AvgIpc) is 2.86. The molecule has 3 aromatic rings. The van der Waals surface area contributed by atoms with Crippen LogP contribution in [0.2, 0.25) is 5.02 Å². The van der Waals surface area contributed by atoms with E-state index in [0.717, 1.165) is 28.1 Å². The molecule has 0 spiro atoms. The second kappa shape index (κ2) is 7.33. The van der Waals surface area contributed by atoms with Crippen molar-refractivity contribution in [2.45, 2.75) is 27.0 Å². The van der Waals surface area contributed by atoms with Crippen LogP contribution in [-0.4, -0.2) is 9.67 Å². The van der Waals surface area contributed by atoms with Crippen molar-refractivity contribution in [3.05, 3.63) is 87.2 Å². The molecular weight excluding hydrogens is 351 g/mol. The summed E-state index contributed by atoms with van der Waals surface area (Å²) in [4.78, 5) is 3.41. The van der Waals surface area contributed by atoms with Gasteiger partial charge < -0.3 is 9.67 Å². The van der Waals surface area contributed by atoms with E-state index in [9.17, 15) is 9.50 Å². The van der Waals surface area contributed by atoms with E-state index in [4.69, 9.17) is 18.2 Å². The van der Waals surface area contributed by atoms with Crippen LogP contribution in [0.15, 0.2) is 42.5 Å². The smallest absolute Gasteiger partial charge is 0.187 e. The Labute approximate surface area is 157 Å². The van der Waals surface area contributed by atoms with E-state index in [0.29, 0.717) is 22.8 Å². The summed E-state index contributed by atoms with van der Waals surface area (Å²) in [7, 11) is 0. The number of hydrogen-bond acceptors (Lipinski definition) is 1. The quantitative estimate of drug-likeness (QED) is 0.592. The van der Waals surface area contributed by atoms with Crippen LogP contribution in [0, 0.1) is 26.2 Å². The third-order valence-corrected chi connectivity index (χ3v) is 5.12. The Hall–Kier alpha value is -2.61. The van der Waals surface area contributed by atoms with Crippen molar-refractivity contribution >= 4 is 17.3 Å². The molecule has 0 saturated heterocycles. The Balaban J connectivity index is 2.06. The molecule has 5 heteroatoms. The summed E-state index contributed by atoms with van der Waals surface area (Å²) >= 11 is 6.60. The normalized spacial score (nSPS) is 10.8. The number of halogens is 2. The summed E-state index contributed by atoms with van der Waals surface area (Å²) in [5.41, 5.74) is 5.75. The maximum Gasteiger partial charge on any atom is 0.187 e. The maximum absolute atomic E-state index is 13.4. The Bertz CT molecular complexity index is 1000. The molecule has 0 radical (unpaired) electrons. The van der Waals surface area contributed by atoms with E-state index < -0.39 is 0 Å². The van der Waals surface area contributed by atoms with Gasteiger partial charge in [0.05, 0.1) is 18.2 Å². The summed E-state index contributed by atoms with van der Waals surface area (Å²) in [5, 5.41) is 10.2. The van der Waals surface area contributed by atoms with Crippen molar-refractivity contribution in [3.63, 3.8) is 0 Å². The minimum absolute atomic E-state index is 0.217. The minimum atomic E-state index is -0.364. The number of hydrogen-bond donors (Lipinski definition) is 1. The fraction of sp³-hybridized carbons (Fsp3) is 0.190. The summed E-state index contributed by atoms with van der Waals surface area (Å²) in [6.45, 7) is 11.3. The Morgan fingerprint density at radius 3 is 2.38 bits per heavy atom. The van der Waals surface area contributed by atoms with E-state index in [2.05, 4.69) is 9.41 Å². The molecule has 0 unspecified atom stereocenters. The van der Waals surface area contributed by atoms with E-state index in [1.54, 1.807) is 18.2 Å². The van der Waals surface area contributed by atoms with E-state index in [1.807, 2.05) is 26.0 Å². The molecule has 1 N–H and O–H groups in total. The highest BCUT2D eigenvalue weighted by atomic mass is 35.5. The first-order valence-electron chi connectivity index (χ1n) is 8.17. The number of aromatic nitrogens is 1. The highest BCUT2D eigenvalue weighted by Crippen LogP contribution is 2.37. The minimum Gasteiger partial charge on any atom is -0.392 e. The molecule has 1 heterocycles. The van der Waals surface area contributed by atoms with Gasteiger partial charge in [0.25, 0.3) is 0 Å². The Kier molecular flexibility index (Phi) is 5.13. The van der Waals surface area contributed by atoms with Crippen LogP contribution < -0.4 is 0 Å². The van der Waals surface area contributed by atoms with E-state index in [1.165, 1.54) is 12.1 Å². The lowest BCUT2D eigenvalue weighted by Crippen LogP contribution is -2.07. The molecule has 0 aliphatic heterocycles. The Morgan fingerprint density at radius 2 is 1.77 bits per heavy atom. The molecule has 0 atom stereocenters. The van der Waals surface area contributed by atoms with Gasteiger partial charge in [-0.25, -0.2) is 9.24 Å². The van der Waals surface area contributed by atoms with Gasteiger partial charge in [-0.2, -0.15) is 0 Å². The first kappa shape index (κ1) is 18.2. The second-order valence-corrected chi connectivity index (χ2v) is 6.55. The lowest BCUT2D eigenvalue weighted by Gasteiger charge is -2.13. The average molecular weight is 369 g/mol. The third kappa shape index (κ3) is 3.24. The highest BCUT2D eigenvalue weighted by Gasteiger charge is 2.18. The van der Waals surface area contributed by atoms with Gasteiger partial charge in [0.1, 0.15) is 5.82 Å². The standard InChI is InChI=1S/C21H18ClFN2O/c1-13-20(15-5-8-19(24-3)9-6-15)21(22)14(2)25(13)11-16-4-7-18(23)10-17(16)12-26/h4-10,26H,11-12H2,1-2H3. The molecule has 0 aliphatic rings. The third-order valence-electron chi connectivity index (χ3n) is 4.66. The van der Waals surface area contributed by atoms with Crippen LogP contribution in [0.3, 0.4) is 0 Å². The SMILES string of the molecule is [C-]#[N+]c1ccc(-c2c(Cl)c(C)n(Cc3ccc(F)cc3CO)c2C)cc1. The molecular formula is C21H18ClFN2O. The van der Waals surface area contributed by atoms with Gasteiger partial charge in [-0.3, -0.25) is 0 Å². The molecule has 0 saturated carbocycles. The molecule has 3 nitrogen and oxygen atoms in total. The van der Waals surface area contributed by atoms with Crippen molar-refractivity contribution in [2.24, 2.45) is 0 Å².